The number of nitrogens with zero attached hydrogens (tertiary/aromatic N) is 3. The molecule has 0 saturated heterocycles. The van der Waals surface area contributed by atoms with Crippen molar-refractivity contribution >= 4 is 22.7 Å². The van der Waals surface area contributed by atoms with E-state index in [1.807, 2.05) is 6.92 Å². The van der Waals surface area contributed by atoms with Crippen LogP contribution < -0.4 is 11.1 Å². The Kier molecular flexibility index (Phi) is 5.31. The summed E-state index contributed by atoms with van der Waals surface area (Å²) in [5, 5.41) is 33.4. The summed E-state index contributed by atoms with van der Waals surface area (Å²) >= 11 is 0. The molecule has 0 unspecified atom stereocenters. The number of fused-ring (bicyclic) bond motifs is 1. The van der Waals surface area contributed by atoms with Crippen LogP contribution in [0.15, 0.2) is 35.1 Å². The molecule has 0 aliphatic carbocycles. The van der Waals surface area contributed by atoms with Gasteiger partial charge in [0.2, 0.25) is 5.95 Å². The third-order valence-corrected chi connectivity index (χ3v) is 4.25. The number of furan rings is 1. The summed E-state index contributed by atoms with van der Waals surface area (Å²) < 4.78 is 5.76. The lowest BCUT2D eigenvalue weighted by atomic mass is 9.99. The van der Waals surface area contributed by atoms with E-state index in [0.717, 1.165) is 5.39 Å². The molecule has 0 aliphatic rings. The number of anilines is 2. The summed E-state index contributed by atoms with van der Waals surface area (Å²) in [6, 6.07) is 3.60. The van der Waals surface area contributed by atoms with Crippen LogP contribution in [-0.4, -0.2) is 49.2 Å². The van der Waals surface area contributed by atoms with Crippen molar-refractivity contribution in [2.45, 2.75) is 25.7 Å². The van der Waals surface area contributed by atoms with Crippen LogP contribution in [0, 0.1) is 5.92 Å². The van der Waals surface area contributed by atoms with Crippen LogP contribution in [0.2, 0.25) is 0 Å². The molecule has 138 valence electrons. The molecule has 6 N–H and O–H groups in total. The standard InChI is InChI=1S/C17H21N5O4/c1-2-9(8-23)14(24)16(25)21-15-11(6-20-17(18)22-15)12-5-10-3-4-19-7-13(10)26-12/h3-7,9,14,16,23-25H,2,8H2,1H3,(H3,18,20,21,22)/t9-,14-,16-/m1/s1. The zero-order valence-corrected chi connectivity index (χ0v) is 14.2. The minimum Gasteiger partial charge on any atom is -0.454 e. The molecule has 0 radical (unpaired) electrons. The van der Waals surface area contributed by atoms with E-state index in [4.69, 9.17) is 10.2 Å². The van der Waals surface area contributed by atoms with Crippen LogP contribution in [0.4, 0.5) is 11.8 Å². The molecule has 3 rings (SSSR count). The highest BCUT2D eigenvalue weighted by Gasteiger charge is 2.26. The number of nitrogens with two attached hydrogens (primary N) is 1. The first-order valence-corrected chi connectivity index (χ1v) is 8.23. The second kappa shape index (κ2) is 7.65. The van der Waals surface area contributed by atoms with Gasteiger partial charge in [0.05, 0.1) is 11.8 Å². The van der Waals surface area contributed by atoms with E-state index in [-0.39, 0.29) is 18.4 Å². The number of pyridine rings is 1. The average Bonchev–Trinajstić information content (AvgIpc) is 3.06. The van der Waals surface area contributed by atoms with E-state index < -0.39 is 18.2 Å². The molecule has 3 aromatic heterocycles. The van der Waals surface area contributed by atoms with E-state index >= 15 is 0 Å². The molecule has 0 amide bonds. The van der Waals surface area contributed by atoms with Crippen molar-refractivity contribution < 1.29 is 19.7 Å². The number of aromatic nitrogens is 3. The van der Waals surface area contributed by atoms with Gasteiger partial charge in [-0.15, -0.1) is 0 Å². The van der Waals surface area contributed by atoms with Gasteiger partial charge in [0, 0.05) is 30.3 Å². The first-order valence-electron chi connectivity index (χ1n) is 8.23. The Morgan fingerprint density at radius 3 is 2.81 bits per heavy atom. The number of hydrogen-bond acceptors (Lipinski definition) is 9. The van der Waals surface area contributed by atoms with Gasteiger partial charge < -0.3 is 30.8 Å². The third-order valence-electron chi connectivity index (χ3n) is 4.25. The van der Waals surface area contributed by atoms with Crippen LogP contribution >= 0.6 is 0 Å². The van der Waals surface area contributed by atoms with Gasteiger partial charge in [-0.25, -0.2) is 4.98 Å². The highest BCUT2D eigenvalue weighted by Crippen LogP contribution is 2.32. The molecular formula is C17H21N5O4. The van der Waals surface area contributed by atoms with Crippen molar-refractivity contribution in [3.8, 4) is 11.3 Å². The fourth-order valence-corrected chi connectivity index (χ4v) is 2.66. The Morgan fingerprint density at radius 1 is 1.31 bits per heavy atom. The number of nitrogens with one attached hydrogen (secondary N) is 1. The maximum Gasteiger partial charge on any atom is 0.221 e. The minimum atomic E-state index is -1.36. The van der Waals surface area contributed by atoms with Crippen LogP contribution in [0.1, 0.15) is 13.3 Å². The predicted octanol–water partition coefficient (Wildman–Crippen LogP) is 0.977. The Bertz CT molecular complexity index is 847. The van der Waals surface area contributed by atoms with Crippen LogP contribution in [-0.2, 0) is 0 Å². The summed E-state index contributed by atoms with van der Waals surface area (Å²) in [6.07, 6.45) is 2.68. The van der Waals surface area contributed by atoms with Crippen LogP contribution in [0.5, 0.6) is 0 Å². The van der Waals surface area contributed by atoms with Crippen LogP contribution in [0.3, 0.4) is 0 Å². The molecule has 0 aromatic carbocycles. The zero-order chi connectivity index (χ0) is 18.7. The maximum absolute atomic E-state index is 10.3. The van der Waals surface area contributed by atoms with Gasteiger partial charge in [0.15, 0.2) is 11.8 Å². The van der Waals surface area contributed by atoms with Gasteiger partial charge in [0.25, 0.3) is 0 Å². The lowest BCUT2D eigenvalue weighted by Gasteiger charge is -2.25. The summed E-state index contributed by atoms with van der Waals surface area (Å²) in [5.74, 6) is 0.206. The van der Waals surface area contributed by atoms with E-state index in [0.29, 0.717) is 23.3 Å². The molecule has 0 bridgehead atoms. The lowest BCUT2D eigenvalue weighted by Crippen LogP contribution is -2.40. The summed E-state index contributed by atoms with van der Waals surface area (Å²) in [5.41, 5.74) is 6.72. The largest absolute Gasteiger partial charge is 0.454 e. The fraction of sp³-hybridized carbons (Fsp3) is 0.353. The molecule has 26 heavy (non-hydrogen) atoms. The number of hydrogen-bond donors (Lipinski definition) is 5. The van der Waals surface area contributed by atoms with Gasteiger partial charge in [-0.1, -0.05) is 6.92 Å². The van der Waals surface area contributed by atoms with Crippen molar-refractivity contribution in [3.05, 3.63) is 30.7 Å². The highest BCUT2D eigenvalue weighted by molar-refractivity contribution is 5.84. The molecule has 9 nitrogen and oxygen atoms in total. The van der Waals surface area contributed by atoms with E-state index in [9.17, 15) is 15.3 Å². The molecule has 3 aromatic rings. The predicted molar refractivity (Wildman–Crippen MR) is 96.0 cm³/mol. The monoisotopic (exact) mass is 359 g/mol. The molecule has 0 fully saturated rings. The molecule has 3 heterocycles. The molecule has 9 heteroatoms. The minimum absolute atomic E-state index is 0.00455. The zero-order valence-electron chi connectivity index (χ0n) is 14.2. The van der Waals surface area contributed by atoms with Crippen molar-refractivity contribution in [1.29, 1.82) is 0 Å². The van der Waals surface area contributed by atoms with Gasteiger partial charge >= 0.3 is 0 Å². The average molecular weight is 359 g/mol. The molecule has 3 atom stereocenters. The molecule has 0 saturated carbocycles. The Hall–Kier alpha value is -2.75. The van der Waals surface area contributed by atoms with Crippen LogP contribution in [0.25, 0.3) is 22.3 Å². The SMILES string of the molecule is CC[C@H](CO)[C@@H](O)[C@@H](O)Nc1nc(N)ncc1-c1cc2ccncc2o1. The summed E-state index contributed by atoms with van der Waals surface area (Å²) in [4.78, 5) is 12.1. The maximum atomic E-state index is 10.3. The Labute approximate surface area is 149 Å². The second-order valence-electron chi connectivity index (χ2n) is 5.95. The molecule has 0 aliphatic heterocycles. The summed E-state index contributed by atoms with van der Waals surface area (Å²) in [6.45, 7) is 1.57. The fourth-order valence-electron chi connectivity index (χ4n) is 2.66. The number of rotatable bonds is 7. The van der Waals surface area contributed by atoms with Gasteiger partial charge in [0.1, 0.15) is 17.7 Å². The topological polar surface area (TPSA) is 151 Å². The van der Waals surface area contributed by atoms with Gasteiger partial charge in [-0.3, -0.25) is 4.98 Å². The number of aliphatic hydroxyl groups is 3. The third kappa shape index (κ3) is 3.59. The highest BCUT2D eigenvalue weighted by atomic mass is 16.3. The quantitative estimate of drug-likeness (QED) is 0.389. The smallest absolute Gasteiger partial charge is 0.221 e. The van der Waals surface area contributed by atoms with Gasteiger partial charge in [-0.2, -0.15) is 4.98 Å². The summed E-state index contributed by atoms with van der Waals surface area (Å²) in [7, 11) is 0. The van der Waals surface area contributed by atoms with E-state index in [2.05, 4.69) is 20.3 Å². The normalized spacial score (nSPS) is 14.9. The lowest BCUT2D eigenvalue weighted by molar-refractivity contribution is -0.0203. The number of aliphatic hydroxyl groups excluding tert-OH is 3. The molecule has 0 spiro atoms. The van der Waals surface area contributed by atoms with Crippen molar-refractivity contribution in [2.24, 2.45) is 5.92 Å². The van der Waals surface area contributed by atoms with Crippen molar-refractivity contribution in [3.63, 3.8) is 0 Å². The van der Waals surface area contributed by atoms with E-state index in [1.165, 1.54) is 6.20 Å². The van der Waals surface area contributed by atoms with E-state index in [1.54, 1.807) is 24.5 Å². The number of nitrogen functional groups attached to an aromatic ring is 1. The molecular weight excluding hydrogens is 338 g/mol. The van der Waals surface area contributed by atoms with Gasteiger partial charge in [-0.05, 0) is 18.6 Å². The Morgan fingerprint density at radius 2 is 2.12 bits per heavy atom. The van der Waals surface area contributed by atoms with Crippen molar-refractivity contribution in [2.75, 3.05) is 17.7 Å². The first-order chi connectivity index (χ1) is 12.5. The van der Waals surface area contributed by atoms with Crippen molar-refractivity contribution in [1.82, 2.24) is 15.0 Å². The first kappa shape index (κ1) is 18.1. The second-order valence-corrected chi connectivity index (χ2v) is 5.95. The Balaban J connectivity index is 1.93.